The minimum atomic E-state index is -3.67. The van der Waals surface area contributed by atoms with E-state index in [2.05, 4.69) is 20.8 Å². The molecular formula is C20H45NO3S. The fourth-order valence-electron chi connectivity index (χ4n) is 2.86. The van der Waals surface area contributed by atoms with Gasteiger partial charge in [0.2, 0.25) is 0 Å². The van der Waals surface area contributed by atoms with Crippen LogP contribution >= 0.6 is 0 Å². The Balaban J connectivity index is 0. The third kappa shape index (κ3) is 26.2. The summed E-state index contributed by atoms with van der Waals surface area (Å²) in [5.74, 6) is -0.132. The minimum absolute atomic E-state index is 0.132. The van der Waals surface area contributed by atoms with Crippen LogP contribution in [0.15, 0.2) is 0 Å². The van der Waals surface area contributed by atoms with E-state index in [9.17, 15) is 8.42 Å². The van der Waals surface area contributed by atoms with Crippen molar-refractivity contribution in [3.63, 3.8) is 0 Å². The summed E-state index contributed by atoms with van der Waals surface area (Å²) in [5, 5.41) is 0. The molecular weight excluding hydrogens is 334 g/mol. The zero-order valence-corrected chi connectivity index (χ0v) is 18.2. The molecule has 0 unspecified atom stereocenters. The average molecular weight is 380 g/mol. The van der Waals surface area contributed by atoms with Crippen LogP contribution in [0.4, 0.5) is 0 Å². The molecule has 0 radical (unpaired) electrons. The number of nitrogens with two attached hydrogens (primary N) is 1. The number of hydrogen-bond donors (Lipinski definition) is 2. The molecule has 0 atom stereocenters. The second kappa shape index (κ2) is 17.3. The molecule has 0 saturated heterocycles. The van der Waals surface area contributed by atoms with E-state index in [1.54, 1.807) is 6.92 Å². The van der Waals surface area contributed by atoms with Gasteiger partial charge in [0.25, 0.3) is 10.1 Å². The highest BCUT2D eigenvalue weighted by molar-refractivity contribution is 7.85. The van der Waals surface area contributed by atoms with E-state index in [1.165, 1.54) is 77.0 Å². The second-order valence-electron chi connectivity index (χ2n) is 7.92. The molecule has 0 rings (SSSR count). The average Bonchev–Trinajstić information content (AvgIpc) is 2.48. The van der Waals surface area contributed by atoms with Gasteiger partial charge in [0.05, 0.1) is 5.75 Å². The molecule has 3 N–H and O–H groups in total. The fraction of sp³-hybridized carbons (Fsp3) is 1.00. The maximum Gasteiger partial charge on any atom is 0.264 e. The molecule has 0 saturated carbocycles. The van der Waals surface area contributed by atoms with Crippen molar-refractivity contribution in [2.24, 2.45) is 11.1 Å². The monoisotopic (exact) mass is 379 g/mol. The van der Waals surface area contributed by atoms with E-state index in [4.69, 9.17) is 10.3 Å². The zero-order valence-electron chi connectivity index (χ0n) is 17.4. The van der Waals surface area contributed by atoms with E-state index in [1.807, 2.05) is 0 Å². The molecule has 5 heteroatoms. The predicted octanol–water partition coefficient (Wildman–Crippen LogP) is 5.96. The smallest absolute Gasteiger partial charge is 0.264 e. The van der Waals surface area contributed by atoms with Gasteiger partial charge in [0.15, 0.2) is 0 Å². The number of hydrogen-bond acceptors (Lipinski definition) is 3. The lowest BCUT2D eigenvalue weighted by Crippen LogP contribution is -2.16. The highest BCUT2D eigenvalue weighted by atomic mass is 32.2. The molecule has 0 aliphatic carbocycles. The standard InChI is InChI=1S/C17H37N.C3H8O3S/c1-4-5-6-7-8-9-10-11-12-13-14-17(2,3)15-16-18;1-2-3-7(4,5)6/h4-16,18H2,1-3H3;2-3H2,1H3,(H,4,5,6). The molecule has 0 fully saturated rings. The summed E-state index contributed by atoms with van der Waals surface area (Å²) in [4.78, 5) is 0. The normalized spacial score (nSPS) is 11.9. The maximum absolute atomic E-state index is 9.79. The molecule has 154 valence electrons. The van der Waals surface area contributed by atoms with Gasteiger partial charge in [0.1, 0.15) is 0 Å². The lowest BCUT2D eigenvalue weighted by atomic mass is 9.83. The lowest BCUT2D eigenvalue weighted by Gasteiger charge is -2.23. The Kier molecular flexibility index (Phi) is 18.7. The summed E-state index contributed by atoms with van der Waals surface area (Å²) in [6.45, 7) is 9.52. The summed E-state index contributed by atoms with van der Waals surface area (Å²) >= 11 is 0. The van der Waals surface area contributed by atoms with Crippen LogP contribution in [0, 0.1) is 5.41 Å². The second-order valence-corrected chi connectivity index (χ2v) is 9.49. The Morgan fingerprint density at radius 3 is 1.52 bits per heavy atom. The first-order valence-electron chi connectivity index (χ1n) is 10.3. The number of unbranched alkanes of at least 4 members (excludes halogenated alkanes) is 9. The van der Waals surface area contributed by atoms with Crippen LogP contribution in [0.1, 0.15) is 111 Å². The van der Waals surface area contributed by atoms with E-state index in [0.29, 0.717) is 11.8 Å². The predicted molar refractivity (Wildman–Crippen MR) is 111 cm³/mol. The topological polar surface area (TPSA) is 80.4 Å². The molecule has 0 aliphatic heterocycles. The van der Waals surface area contributed by atoms with Crippen molar-refractivity contribution in [1.82, 2.24) is 0 Å². The maximum atomic E-state index is 9.79. The Labute approximate surface area is 158 Å². The van der Waals surface area contributed by atoms with Crippen molar-refractivity contribution >= 4 is 10.1 Å². The van der Waals surface area contributed by atoms with E-state index in [-0.39, 0.29) is 5.75 Å². The third-order valence-corrected chi connectivity index (χ3v) is 5.41. The first kappa shape index (κ1) is 27.1. The Morgan fingerprint density at radius 1 is 0.760 bits per heavy atom. The van der Waals surface area contributed by atoms with E-state index >= 15 is 0 Å². The van der Waals surface area contributed by atoms with Gasteiger partial charge in [-0.1, -0.05) is 91.9 Å². The van der Waals surface area contributed by atoms with E-state index < -0.39 is 10.1 Å². The minimum Gasteiger partial charge on any atom is -0.330 e. The first-order valence-corrected chi connectivity index (χ1v) is 11.9. The molecule has 0 amide bonds. The summed E-state index contributed by atoms with van der Waals surface area (Å²) in [7, 11) is -3.67. The van der Waals surface area contributed by atoms with Gasteiger partial charge in [-0.15, -0.1) is 0 Å². The Hall–Kier alpha value is -0.130. The van der Waals surface area contributed by atoms with Crippen LogP contribution in [-0.4, -0.2) is 25.3 Å². The number of rotatable bonds is 15. The molecule has 0 spiro atoms. The molecule has 0 bridgehead atoms. The van der Waals surface area contributed by atoms with Crippen LogP contribution in [0.5, 0.6) is 0 Å². The van der Waals surface area contributed by atoms with Crippen molar-refractivity contribution in [3.05, 3.63) is 0 Å². The molecule has 4 nitrogen and oxygen atoms in total. The van der Waals surface area contributed by atoms with Gasteiger partial charge in [0, 0.05) is 0 Å². The van der Waals surface area contributed by atoms with Gasteiger partial charge in [-0.05, 0) is 31.2 Å². The first-order chi connectivity index (χ1) is 11.7. The van der Waals surface area contributed by atoms with Crippen molar-refractivity contribution in [2.45, 2.75) is 111 Å². The fourth-order valence-corrected chi connectivity index (χ4v) is 3.38. The molecule has 0 aromatic rings. The van der Waals surface area contributed by atoms with Crippen LogP contribution in [0.2, 0.25) is 0 Å². The van der Waals surface area contributed by atoms with Gasteiger partial charge in [-0.2, -0.15) is 8.42 Å². The molecule has 25 heavy (non-hydrogen) atoms. The molecule has 0 heterocycles. The molecule has 0 aliphatic rings. The summed E-state index contributed by atoms with van der Waals surface area (Å²) in [5.41, 5.74) is 6.10. The highest BCUT2D eigenvalue weighted by Gasteiger charge is 2.15. The SMILES string of the molecule is CCCCCCCCCCCCC(C)(C)CCN.CCCS(=O)(=O)O. The molecule has 0 aromatic heterocycles. The van der Waals surface area contributed by atoms with Gasteiger partial charge < -0.3 is 5.73 Å². The Bertz CT molecular complexity index is 367. The van der Waals surface area contributed by atoms with Gasteiger partial charge in [-0.25, -0.2) is 0 Å². The summed E-state index contributed by atoms with van der Waals surface area (Å²) < 4.78 is 27.6. The van der Waals surface area contributed by atoms with Gasteiger partial charge >= 0.3 is 0 Å². The summed E-state index contributed by atoms with van der Waals surface area (Å²) in [6, 6.07) is 0. The van der Waals surface area contributed by atoms with Gasteiger partial charge in [-0.3, -0.25) is 4.55 Å². The van der Waals surface area contributed by atoms with Crippen LogP contribution in [0.3, 0.4) is 0 Å². The largest absolute Gasteiger partial charge is 0.330 e. The quantitative estimate of drug-likeness (QED) is 0.272. The summed E-state index contributed by atoms with van der Waals surface area (Å²) in [6.07, 6.45) is 17.3. The van der Waals surface area contributed by atoms with Crippen molar-refractivity contribution in [2.75, 3.05) is 12.3 Å². The van der Waals surface area contributed by atoms with Crippen molar-refractivity contribution < 1.29 is 13.0 Å². The van der Waals surface area contributed by atoms with Crippen LogP contribution < -0.4 is 5.73 Å². The highest BCUT2D eigenvalue weighted by Crippen LogP contribution is 2.27. The van der Waals surface area contributed by atoms with E-state index in [0.717, 1.165) is 6.54 Å². The Morgan fingerprint density at radius 2 is 1.20 bits per heavy atom. The zero-order chi connectivity index (χ0) is 19.6. The van der Waals surface area contributed by atoms with Crippen LogP contribution in [-0.2, 0) is 10.1 Å². The molecule has 0 aromatic carbocycles. The van der Waals surface area contributed by atoms with Crippen LogP contribution in [0.25, 0.3) is 0 Å². The van der Waals surface area contributed by atoms with Crippen molar-refractivity contribution in [3.8, 4) is 0 Å². The third-order valence-electron chi connectivity index (χ3n) is 4.49. The lowest BCUT2D eigenvalue weighted by molar-refractivity contribution is 0.299. The van der Waals surface area contributed by atoms with Crippen molar-refractivity contribution in [1.29, 1.82) is 0 Å².